The first-order valence-electron chi connectivity index (χ1n) is 7.61. The molecule has 0 unspecified atom stereocenters. The molecule has 0 aliphatic heterocycles. The van der Waals surface area contributed by atoms with Gasteiger partial charge in [-0.2, -0.15) is 0 Å². The molecule has 1 amide bonds. The fraction of sp³-hybridized carbons (Fsp3) is 0.588. The molecule has 0 bridgehead atoms. The predicted octanol–water partition coefficient (Wildman–Crippen LogP) is 2.57. The number of carbonyl (C=O) groups is 1. The molecule has 1 aromatic carbocycles. The molecule has 118 valence electrons. The molecule has 0 spiro atoms. The minimum atomic E-state index is -0.464. The van der Waals surface area contributed by atoms with E-state index in [9.17, 15) is 4.79 Å². The van der Waals surface area contributed by atoms with E-state index in [0.717, 1.165) is 13.1 Å². The van der Waals surface area contributed by atoms with Gasteiger partial charge >= 0.3 is 0 Å². The lowest BCUT2D eigenvalue weighted by atomic mass is 9.85. The molecule has 0 fully saturated rings. The Morgan fingerprint density at radius 1 is 1.14 bits per heavy atom. The Hall–Kier alpha value is -1.55. The molecule has 0 aliphatic carbocycles. The van der Waals surface area contributed by atoms with Gasteiger partial charge in [0.05, 0.1) is 0 Å². The van der Waals surface area contributed by atoms with Gasteiger partial charge in [-0.1, -0.05) is 39.8 Å². The lowest BCUT2D eigenvalue weighted by Gasteiger charge is -2.25. The van der Waals surface area contributed by atoms with Gasteiger partial charge in [0.25, 0.3) is 5.91 Å². The van der Waals surface area contributed by atoms with Gasteiger partial charge in [0.15, 0.2) is 6.61 Å². The maximum absolute atomic E-state index is 10.6. The Morgan fingerprint density at radius 2 is 1.71 bits per heavy atom. The number of hydrogen-bond donors (Lipinski definition) is 2. The van der Waals surface area contributed by atoms with E-state index in [-0.39, 0.29) is 6.61 Å². The van der Waals surface area contributed by atoms with E-state index in [2.05, 4.69) is 33.0 Å². The molecule has 1 aromatic rings. The second-order valence-electron chi connectivity index (χ2n) is 6.18. The summed E-state index contributed by atoms with van der Waals surface area (Å²) in [5.74, 6) is 2.25. The lowest BCUT2D eigenvalue weighted by Crippen LogP contribution is -2.29. The van der Waals surface area contributed by atoms with Crippen LogP contribution >= 0.6 is 0 Å². The number of rotatable bonds is 9. The molecule has 0 radical (unpaired) electrons. The van der Waals surface area contributed by atoms with Crippen molar-refractivity contribution in [1.82, 2.24) is 5.32 Å². The minimum Gasteiger partial charge on any atom is -0.484 e. The summed E-state index contributed by atoms with van der Waals surface area (Å²) in [4.78, 5) is 10.6. The molecule has 1 rings (SSSR count). The highest BCUT2D eigenvalue weighted by molar-refractivity contribution is 5.75. The van der Waals surface area contributed by atoms with E-state index >= 15 is 0 Å². The van der Waals surface area contributed by atoms with Gasteiger partial charge in [-0.25, -0.2) is 0 Å². The Bertz CT molecular complexity index is 419. The Labute approximate surface area is 128 Å². The van der Waals surface area contributed by atoms with Crippen LogP contribution in [0, 0.1) is 17.8 Å². The van der Waals surface area contributed by atoms with Gasteiger partial charge in [-0.3, -0.25) is 4.79 Å². The van der Waals surface area contributed by atoms with E-state index in [4.69, 9.17) is 10.5 Å². The van der Waals surface area contributed by atoms with Gasteiger partial charge in [0.2, 0.25) is 0 Å². The summed E-state index contributed by atoms with van der Waals surface area (Å²) in [6, 6.07) is 7.73. The second kappa shape index (κ2) is 8.67. The summed E-state index contributed by atoms with van der Waals surface area (Å²) in [5, 5.41) is 3.52. The number of benzene rings is 1. The van der Waals surface area contributed by atoms with Gasteiger partial charge in [0.1, 0.15) is 5.75 Å². The van der Waals surface area contributed by atoms with E-state index in [1.807, 2.05) is 24.3 Å². The molecular weight excluding hydrogens is 264 g/mol. The predicted molar refractivity (Wildman–Crippen MR) is 86.0 cm³/mol. The molecule has 4 heteroatoms. The summed E-state index contributed by atoms with van der Waals surface area (Å²) in [5.41, 5.74) is 6.24. The smallest absolute Gasteiger partial charge is 0.255 e. The van der Waals surface area contributed by atoms with Crippen molar-refractivity contribution >= 4 is 5.91 Å². The van der Waals surface area contributed by atoms with Gasteiger partial charge in [0, 0.05) is 6.54 Å². The van der Waals surface area contributed by atoms with Crippen molar-refractivity contribution in [3.05, 3.63) is 29.8 Å². The Balaban J connectivity index is 2.40. The van der Waals surface area contributed by atoms with Crippen LogP contribution in [0.4, 0.5) is 0 Å². The average molecular weight is 292 g/mol. The number of carbonyl (C=O) groups excluding carboxylic acids is 1. The molecule has 4 nitrogen and oxygen atoms in total. The van der Waals surface area contributed by atoms with Crippen molar-refractivity contribution in [2.45, 2.75) is 34.2 Å². The standard InChI is InChI=1S/C17H28N2O2/c1-12(2)16(13(3)4)10-19-9-14-5-7-15(8-6-14)21-11-17(18)20/h5-8,12-13,16,19H,9-11H2,1-4H3,(H2,18,20). The number of nitrogens with one attached hydrogen (secondary N) is 1. The summed E-state index contributed by atoms with van der Waals surface area (Å²) in [6.45, 7) is 10.9. The van der Waals surface area contributed by atoms with Gasteiger partial charge in [-0.05, 0) is 42.0 Å². The van der Waals surface area contributed by atoms with Gasteiger partial charge in [-0.15, -0.1) is 0 Å². The van der Waals surface area contributed by atoms with Gasteiger partial charge < -0.3 is 15.8 Å². The van der Waals surface area contributed by atoms with Crippen LogP contribution in [0.1, 0.15) is 33.3 Å². The highest BCUT2D eigenvalue weighted by Gasteiger charge is 2.16. The third-order valence-corrected chi connectivity index (χ3v) is 3.73. The van der Waals surface area contributed by atoms with Crippen LogP contribution in [-0.2, 0) is 11.3 Å². The molecular formula is C17H28N2O2. The van der Waals surface area contributed by atoms with Crippen molar-refractivity contribution in [2.24, 2.45) is 23.5 Å². The molecule has 3 N–H and O–H groups in total. The SMILES string of the molecule is CC(C)C(CNCc1ccc(OCC(N)=O)cc1)C(C)C. The molecule has 0 atom stereocenters. The van der Waals surface area contributed by atoms with E-state index in [1.54, 1.807) is 0 Å². The topological polar surface area (TPSA) is 64.3 Å². The number of primary amides is 1. The first kappa shape index (κ1) is 17.5. The summed E-state index contributed by atoms with van der Waals surface area (Å²) in [6.07, 6.45) is 0. The van der Waals surface area contributed by atoms with Crippen molar-refractivity contribution in [3.8, 4) is 5.75 Å². The number of amides is 1. The second-order valence-corrected chi connectivity index (χ2v) is 6.18. The maximum Gasteiger partial charge on any atom is 0.255 e. The van der Waals surface area contributed by atoms with Crippen LogP contribution < -0.4 is 15.8 Å². The zero-order valence-electron chi connectivity index (χ0n) is 13.6. The van der Waals surface area contributed by atoms with Crippen LogP contribution in [0.25, 0.3) is 0 Å². The van der Waals surface area contributed by atoms with Crippen LogP contribution in [0.5, 0.6) is 5.75 Å². The van der Waals surface area contributed by atoms with Crippen LogP contribution in [-0.4, -0.2) is 19.1 Å². The fourth-order valence-electron chi connectivity index (χ4n) is 2.48. The molecule has 0 heterocycles. The third-order valence-electron chi connectivity index (χ3n) is 3.73. The normalized spacial score (nSPS) is 11.4. The number of ether oxygens (including phenoxy) is 1. The minimum absolute atomic E-state index is 0.0813. The summed E-state index contributed by atoms with van der Waals surface area (Å²) < 4.78 is 5.23. The Kier molecular flexibility index (Phi) is 7.23. The highest BCUT2D eigenvalue weighted by atomic mass is 16.5. The Morgan fingerprint density at radius 3 is 2.19 bits per heavy atom. The molecule has 0 aliphatic rings. The molecule has 0 saturated carbocycles. The molecule has 0 saturated heterocycles. The van der Waals surface area contributed by atoms with Crippen molar-refractivity contribution in [3.63, 3.8) is 0 Å². The van der Waals surface area contributed by atoms with Crippen LogP contribution in [0.2, 0.25) is 0 Å². The summed E-state index contributed by atoms with van der Waals surface area (Å²) >= 11 is 0. The highest BCUT2D eigenvalue weighted by Crippen LogP contribution is 2.19. The third kappa shape index (κ3) is 6.63. The first-order valence-corrected chi connectivity index (χ1v) is 7.61. The van der Waals surface area contributed by atoms with Crippen molar-refractivity contribution in [1.29, 1.82) is 0 Å². The molecule has 0 aromatic heterocycles. The zero-order chi connectivity index (χ0) is 15.8. The molecule has 21 heavy (non-hydrogen) atoms. The quantitative estimate of drug-likeness (QED) is 0.735. The lowest BCUT2D eigenvalue weighted by molar-refractivity contribution is -0.119. The van der Waals surface area contributed by atoms with E-state index in [0.29, 0.717) is 23.5 Å². The largest absolute Gasteiger partial charge is 0.484 e. The van der Waals surface area contributed by atoms with Crippen molar-refractivity contribution < 1.29 is 9.53 Å². The number of nitrogens with two attached hydrogens (primary N) is 1. The van der Waals surface area contributed by atoms with E-state index in [1.165, 1.54) is 5.56 Å². The maximum atomic E-state index is 10.6. The van der Waals surface area contributed by atoms with E-state index < -0.39 is 5.91 Å². The van der Waals surface area contributed by atoms with Crippen LogP contribution in [0.3, 0.4) is 0 Å². The zero-order valence-corrected chi connectivity index (χ0v) is 13.6. The fourth-order valence-corrected chi connectivity index (χ4v) is 2.48. The van der Waals surface area contributed by atoms with Crippen LogP contribution in [0.15, 0.2) is 24.3 Å². The average Bonchev–Trinajstić information content (AvgIpc) is 2.41. The monoisotopic (exact) mass is 292 g/mol. The summed E-state index contributed by atoms with van der Waals surface area (Å²) in [7, 11) is 0. The number of hydrogen-bond acceptors (Lipinski definition) is 3. The van der Waals surface area contributed by atoms with Crippen molar-refractivity contribution in [2.75, 3.05) is 13.2 Å². The first-order chi connectivity index (χ1) is 9.90.